The molecule has 0 aliphatic carbocycles. The minimum atomic E-state index is 0.262. The van der Waals surface area contributed by atoms with Gasteiger partial charge in [0.2, 0.25) is 5.89 Å². The molecular formula is C12H16N4O. The molecule has 0 amide bonds. The highest BCUT2D eigenvalue weighted by molar-refractivity contribution is 5.60. The maximum absolute atomic E-state index is 5.47. The molecule has 2 N–H and O–H groups in total. The van der Waals surface area contributed by atoms with Gasteiger partial charge in [0.05, 0.1) is 6.54 Å². The zero-order valence-corrected chi connectivity index (χ0v) is 10.1. The third-order valence-corrected chi connectivity index (χ3v) is 2.58. The molecule has 1 heterocycles. The second kappa shape index (κ2) is 4.97. The average molecular weight is 232 g/mol. The smallest absolute Gasteiger partial charge is 0.322 e. The number of para-hydroxylation sites is 1. The number of nitrogens with zero attached hydrogens (tertiary/aromatic N) is 3. The Morgan fingerprint density at radius 3 is 2.65 bits per heavy atom. The summed E-state index contributed by atoms with van der Waals surface area (Å²) in [7, 11) is 0. The summed E-state index contributed by atoms with van der Waals surface area (Å²) in [5.74, 6) is 0.451. The van der Waals surface area contributed by atoms with Gasteiger partial charge in [0.15, 0.2) is 0 Å². The zero-order valence-electron chi connectivity index (χ0n) is 10.1. The summed E-state index contributed by atoms with van der Waals surface area (Å²) >= 11 is 0. The van der Waals surface area contributed by atoms with Crippen LogP contribution in [0.1, 0.15) is 18.4 Å². The Kier molecular flexibility index (Phi) is 3.39. The topological polar surface area (TPSA) is 68.2 Å². The van der Waals surface area contributed by atoms with Crippen molar-refractivity contribution in [1.82, 2.24) is 10.2 Å². The number of anilines is 2. The second-order valence-electron chi connectivity index (χ2n) is 3.71. The summed E-state index contributed by atoms with van der Waals surface area (Å²) in [4.78, 5) is 1.97. The number of rotatable bonds is 4. The molecule has 0 bridgehead atoms. The van der Waals surface area contributed by atoms with Crippen LogP contribution in [0.25, 0.3) is 0 Å². The Morgan fingerprint density at radius 1 is 1.29 bits per heavy atom. The van der Waals surface area contributed by atoms with Gasteiger partial charge in [-0.1, -0.05) is 23.3 Å². The predicted octanol–water partition coefficient (Wildman–Crippen LogP) is 1.99. The van der Waals surface area contributed by atoms with Crippen LogP contribution in [0.3, 0.4) is 0 Å². The van der Waals surface area contributed by atoms with Gasteiger partial charge in [-0.2, -0.15) is 0 Å². The van der Waals surface area contributed by atoms with Crippen LogP contribution in [0, 0.1) is 6.92 Å². The van der Waals surface area contributed by atoms with Crippen molar-refractivity contribution in [2.75, 3.05) is 11.4 Å². The first kappa shape index (κ1) is 11.6. The first-order valence-electron chi connectivity index (χ1n) is 5.62. The number of nitrogens with two attached hydrogens (primary N) is 1. The molecule has 1 aromatic heterocycles. The second-order valence-corrected chi connectivity index (χ2v) is 3.71. The SMILES string of the molecule is CCN(c1nnc(CN)o1)c1ccccc1C. The van der Waals surface area contributed by atoms with E-state index in [4.69, 9.17) is 10.2 Å². The Hall–Kier alpha value is -1.88. The van der Waals surface area contributed by atoms with Crippen LogP contribution in [0.5, 0.6) is 0 Å². The standard InChI is InChI=1S/C12H16N4O/c1-3-16(10-7-5-4-6-9(10)2)12-15-14-11(8-13)17-12/h4-7H,3,8,13H2,1-2H3. The molecule has 0 saturated heterocycles. The molecule has 0 radical (unpaired) electrons. The van der Waals surface area contributed by atoms with Gasteiger partial charge in [-0.25, -0.2) is 0 Å². The highest BCUT2D eigenvalue weighted by atomic mass is 16.4. The highest BCUT2D eigenvalue weighted by Gasteiger charge is 2.15. The minimum Gasteiger partial charge on any atom is -0.406 e. The lowest BCUT2D eigenvalue weighted by molar-refractivity contribution is 0.497. The molecule has 2 rings (SSSR count). The molecule has 2 aromatic rings. The fraction of sp³-hybridized carbons (Fsp3) is 0.333. The summed E-state index contributed by atoms with van der Waals surface area (Å²) in [5, 5.41) is 7.88. The Bertz CT molecular complexity index is 495. The first-order valence-corrected chi connectivity index (χ1v) is 5.62. The lowest BCUT2D eigenvalue weighted by atomic mass is 10.2. The van der Waals surface area contributed by atoms with Crippen molar-refractivity contribution >= 4 is 11.7 Å². The summed E-state index contributed by atoms with van der Waals surface area (Å²) in [6.07, 6.45) is 0. The third kappa shape index (κ3) is 2.29. The number of benzene rings is 1. The molecule has 0 aliphatic heterocycles. The fourth-order valence-corrected chi connectivity index (χ4v) is 1.71. The Morgan fingerprint density at radius 2 is 2.06 bits per heavy atom. The number of hydrogen-bond acceptors (Lipinski definition) is 5. The number of hydrogen-bond donors (Lipinski definition) is 1. The van der Waals surface area contributed by atoms with Gasteiger partial charge in [-0.3, -0.25) is 4.90 Å². The van der Waals surface area contributed by atoms with Gasteiger partial charge in [0.1, 0.15) is 0 Å². The molecule has 1 aromatic carbocycles. The van der Waals surface area contributed by atoms with E-state index in [-0.39, 0.29) is 6.54 Å². The van der Waals surface area contributed by atoms with Gasteiger partial charge in [-0.05, 0) is 25.5 Å². The maximum Gasteiger partial charge on any atom is 0.322 e. The zero-order chi connectivity index (χ0) is 12.3. The van der Waals surface area contributed by atoms with E-state index in [2.05, 4.69) is 23.2 Å². The first-order chi connectivity index (χ1) is 8.26. The van der Waals surface area contributed by atoms with E-state index in [0.717, 1.165) is 12.2 Å². The molecule has 0 unspecified atom stereocenters. The summed E-state index contributed by atoms with van der Waals surface area (Å²) in [5.41, 5.74) is 7.70. The van der Waals surface area contributed by atoms with Crippen molar-refractivity contribution < 1.29 is 4.42 Å². The maximum atomic E-state index is 5.47. The van der Waals surface area contributed by atoms with Crippen LogP contribution in [0.4, 0.5) is 11.7 Å². The van der Waals surface area contributed by atoms with E-state index >= 15 is 0 Å². The molecule has 0 spiro atoms. The van der Waals surface area contributed by atoms with Crippen molar-refractivity contribution in [3.63, 3.8) is 0 Å². The normalized spacial score (nSPS) is 10.5. The lowest BCUT2D eigenvalue weighted by Crippen LogP contribution is -2.17. The van der Waals surface area contributed by atoms with Gasteiger partial charge in [0.25, 0.3) is 0 Å². The van der Waals surface area contributed by atoms with E-state index in [1.807, 2.05) is 30.0 Å². The summed E-state index contributed by atoms with van der Waals surface area (Å²) < 4.78 is 5.47. The van der Waals surface area contributed by atoms with Crippen LogP contribution >= 0.6 is 0 Å². The van der Waals surface area contributed by atoms with E-state index in [9.17, 15) is 0 Å². The van der Waals surface area contributed by atoms with Crippen LogP contribution in [-0.2, 0) is 6.54 Å². The average Bonchev–Trinajstić information content (AvgIpc) is 2.81. The van der Waals surface area contributed by atoms with E-state index < -0.39 is 0 Å². The van der Waals surface area contributed by atoms with Crippen molar-refractivity contribution in [2.45, 2.75) is 20.4 Å². The van der Waals surface area contributed by atoms with Gasteiger partial charge < -0.3 is 10.2 Å². The Labute approximate surface area is 100 Å². The molecule has 0 aliphatic rings. The van der Waals surface area contributed by atoms with E-state index in [0.29, 0.717) is 11.9 Å². The molecule has 90 valence electrons. The quantitative estimate of drug-likeness (QED) is 0.873. The molecular weight excluding hydrogens is 216 g/mol. The summed E-state index contributed by atoms with van der Waals surface area (Å²) in [6, 6.07) is 8.57. The molecule has 17 heavy (non-hydrogen) atoms. The summed E-state index contributed by atoms with van der Waals surface area (Å²) in [6.45, 7) is 5.12. The largest absolute Gasteiger partial charge is 0.406 e. The van der Waals surface area contributed by atoms with Crippen LogP contribution in [-0.4, -0.2) is 16.7 Å². The van der Waals surface area contributed by atoms with Gasteiger partial charge in [-0.15, -0.1) is 5.10 Å². The molecule has 5 nitrogen and oxygen atoms in total. The van der Waals surface area contributed by atoms with Crippen molar-refractivity contribution in [3.05, 3.63) is 35.7 Å². The van der Waals surface area contributed by atoms with Crippen molar-refractivity contribution in [1.29, 1.82) is 0 Å². The third-order valence-electron chi connectivity index (χ3n) is 2.58. The van der Waals surface area contributed by atoms with Gasteiger partial charge in [0, 0.05) is 12.2 Å². The monoisotopic (exact) mass is 232 g/mol. The van der Waals surface area contributed by atoms with Gasteiger partial charge >= 0.3 is 6.01 Å². The van der Waals surface area contributed by atoms with E-state index in [1.54, 1.807) is 0 Å². The number of aromatic nitrogens is 2. The lowest BCUT2D eigenvalue weighted by Gasteiger charge is -2.19. The van der Waals surface area contributed by atoms with Crippen molar-refractivity contribution in [3.8, 4) is 0 Å². The molecule has 0 atom stereocenters. The van der Waals surface area contributed by atoms with Crippen LogP contribution in [0.2, 0.25) is 0 Å². The van der Waals surface area contributed by atoms with E-state index in [1.165, 1.54) is 5.56 Å². The predicted molar refractivity (Wildman–Crippen MR) is 66.0 cm³/mol. The van der Waals surface area contributed by atoms with Crippen molar-refractivity contribution in [2.24, 2.45) is 5.73 Å². The molecule has 0 saturated carbocycles. The highest BCUT2D eigenvalue weighted by Crippen LogP contribution is 2.26. The molecule has 0 fully saturated rings. The minimum absolute atomic E-state index is 0.262. The van der Waals surface area contributed by atoms with Crippen LogP contribution in [0.15, 0.2) is 28.7 Å². The fourth-order valence-electron chi connectivity index (χ4n) is 1.71. The molecule has 5 heteroatoms. The van der Waals surface area contributed by atoms with Crippen LogP contribution < -0.4 is 10.6 Å². The Balaban J connectivity index is 2.36. The number of aryl methyl sites for hydroxylation is 1.